The zero-order valence-electron chi connectivity index (χ0n) is 16.9. The van der Waals surface area contributed by atoms with Crippen molar-refractivity contribution in [2.75, 3.05) is 11.9 Å². The van der Waals surface area contributed by atoms with Crippen LogP contribution in [0.1, 0.15) is 39.9 Å². The summed E-state index contributed by atoms with van der Waals surface area (Å²) in [4.78, 5) is 17.3. The third kappa shape index (κ3) is 6.07. The van der Waals surface area contributed by atoms with E-state index in [2.05, 4.69) is 27.1 Å². The molecule has 2 N–H and O–H groups in total. The Hall–Kier alpha value is -2.34. The van der Waals surface area contributed by atoms with Crippen LogP contribution in [0.5, 0.6) is 0 Å². The lowest BCUT2D eigenvalue weighted by Crippen LogP contribution is -2.17. The Balaban J connectivity index is 0.00000210. The molecule has 2 heterocycles. The molecule has 0 saturated heterocycles. The van der Waals surface area contributed by atoms with Crippen molar-refractivity contribution in [3.63, 3.8) is 0 Å². The van der Waals surface area contributed by atoms with Crippen LogP contribution in [0.15, 0.2) is 54.7 Å². The number of hydrogen-bond acceptors (Lipinski definition) is 3. The largest absolute Gasteiger partial charge is 0.342 e. The molecule has 0 aliphatic heterocycles. The predicted molar refractivity (Wildman–Crippen MR) is 124 cm³/mol. The number of benzene rings is 1. The van der Waals surface area contributed by atoms with E-state index in [9.17, 15) is 4.79 Å². The average Bonchev–Trinajstić information content (AvgIpc) is 2.96. The normalized spacial score (nSPS) is 10.0. The molecule has 2 aromatic heterocycles. The van der Waals surface area contributed by atoms with Gasteiger partial charge >= 0.3 is 0 Å². The fourth-order valence-electron chi connectivity index (χ4n) is 3.17. The van der Waals surface area contributed by atoms with E-state index in [0.717, 1.165) is 41.4 Å². The summed E-state index contributed by atoms with van der Waals surface area (Å²) < 4.78 is 2.13. The van der Waals surface area contributed by atoms with Crippen LogP contribution >= 0.6 is 24.8 Å². The molecule has 0 aliphatic rings. The number of carbonyl (C=O) groups is 1. The van der Waals surface area contributed by atoms with Crippen molar-refractivity contribution < 1.29 is 4.79 Å². The minimum atomic E-state index is -0.0840. The fraction of sp³-hybridized carbons (Fsp3) is 0.273. The number of anilines is 1. The Morgan fingerprint density at radius 1 is 1.07 bits per heavy atom. The van der Waals surface area contributed by atoms with Gasteiger partial charge in [0.05, 0.1) is 17.8 Å². The number of aryl methyl sites for hydroxylation is 1. The van der Waals surface area contributed by atoms with Crippen molar-refractivity contribution in [2.24, 2.45) is 0 Å². The van der Waals surface area contributed by atoms with Crippen molar-refractivity contribution >= 4 is 36.4 Å². The van der Waals surface area contributed by atoms with E-state index < -0.39 is 0 Å². The molecule has 0 fully saturated rings. The smallest absolute Gasteiger partial charge is 0.257 e. The third-order valence-electron chi connectivity index (χ3n) is 4.70. The molecule has 0 unspecified atom stereocenters. The van der Waals surface area contributed by atoms with Crippen LogP contribution < -0.4 is 10.6 Å². The number of nitrogens with one attached hydrogen (secondary N) is 2. The van der Waals surface area contributed by atoms with E-state index in [1.54, 1.807) is 6.20 Å². The highest BCUT2D eigenvalue weighted by atomic mass is 35.5. The molecular weight excluding hydrogens is 407 g/mol. The Morgan fingerprint density at radius 2 is 1.79 bits per heavy atom. The molecule has 29 heavy (non-hydrogen) atoms. The number of nitrogens with zero attached hydrogens (tertiary/aromatic N) is 2. The minimum absolute atomic E-state index is 0. The minimum Gasteiger partial charge on any atom is -0.342 e. The molecule has 156 valence electrons. The number of rotatable bonds is 7. The maximum Gasteiger partial charge on any atom is 0.257 e. The highest BCUT2D eigenvalue weighted by Crippen LogP contribution is 2.20. The molecule has 0 bridgehead atoms. The highest BCUT2D eigenvalue weighted by molar-refractivity contribution is 6.05. The number of pyridine rings is 1. The standard InChI is InChI=1S/C22H26N4O.2ClH/c1-4-23-14-18-9-5-6-11-21(18)25-22(27)20-13-16(2)26(17(20)3)15-19-10-7-8-12-24-19;;/h5-13,23H,4,14-15H2,1-3H3,(H,25,27);2*1H. The van der Waals surface area contributed by atoms with E-state index in [0.29, 0.717) is 12.1 Å². The van der Waals surface area contributed by atoms with Gasteiger partial charge in [-0.15, -0.1) is 24.8 Å². The number of carbonyl (C=O) groups excluding carboxylic acids is 1. The van der Waals surface area contributed by atoms with Gasteiger partial charge in [0.2, 0.25) is 0 Å². The van der Waals surface area contributed by atoms with Crippen LogP contribution in [0.4, 0.5) is 5.69 Å². The molecule has 1 aromatic carbocycles. The van der Waals surface area contributed by atoms with E-state index in [1.165, 1.54) is 0 Å². The van der Waals surface area contributed by atoms with E-state index in [4.69, 9.17) is 0 Å². The second-order valence-electron chi connectivity index (χ2n) is 6.58. The molecule has 0 spiro atoms. The second-order valence-corrected chi connectivity index (χ2v) is 6.58. The van der Waals surface area contributed by atoms with Crippen molar-refractivity contribution in [1.82, 2.24) is 14.9 Å². The zero-order chi connectivity index (χ0) is 19.2. The summed E-state index contributed by atoms with van der Waals surface area (Å²) in [6, 6.07) is 15.7. The Bertz CT molecular complexity index is 926. The molecule has 3 aromatic rings. The quantitative estimate of drug-likeness (QED) is 0.563. The predicted octanol–water partition coefficient (Wildman–Crippen LogP) is 4.75. The van der Waals surface area contributed by atoms with E-state index >= 15 is 0 Å². The molecule has 0 aliphatic carbocycles. The van der Waals surface area contributed by atoms with Crippen molar-refractivity contribution in [3.8, 4) is 0 Å². The maximum absolute atomic E-state index is 12.9. The fourth-order valence-corrected chi connectivity index (χ4v) is 3.17. The van der Waals surface area contributed by atoms with Crippen LogP contribution in [-0.4, -0.2) is 22.0 Å². The second kappa shape index (κ2) is 11.6. The lowest BCUT2D eigenvalue weighted by atomic mass is 10.1. The summed E-state index contributed by atoms with van der Waals surface area (Å²) in [5, 5.41) is 6.38. The van der Waals surface area contributed by atoms with Crippen LogP contribution in [-0.2, 0) is 13.1 Å². The zero-order valence-corrected chi connectivity index (χ0v) is 18.6. The summed E-state index contributed by atoms with van der Waals surface area (Å²) in [6.45, 7) is 8.34. The lowest BCUT2D eigenvalue weighted by Gasteiger charge is -2.12. The number of halogens is 2. The van der Waals surface area contributed by atoms with Gasteiger partial charge in [-0.05, 0) is 50.2 Å². The Kier molecular flexibility index (Phi) is 9.89. The monoisotopic (exact) mass is 434 g/mol. The molecular formula is C22H28Cl2N4O. The van der Waals surface area contributed by atoms with Crippen LogP contribution in [0.3, 0.4) is 0 Å². The first-order valence-corrected chi connectivity index (χ1v) is 9.26. The van der Waals surface area contributed by atoms with Crippen LogP contribution in [0.2, 0.25) is 0 Å². The topological polar surface area (TPSA) is 58.9 Å². The van der Waals surface area contributed by atoms with Gasteiger partial charge < -0.3 is 15.2 Å². The van der Waals surface area contributed by atoms with Gasteiger partial charge in [0.1, 0.15) is 0 Å². The summed E-state index contributed by atoms with van der Waals surface area (Å²) in [6.07, 6.45) is 1.79. The molecule has 0 atom stereocenters. The molecule has 1 amide bonds. The van der Waals surface area contributed by atoms with E-state index in [-0.39, 0.29) is 30.7 Å². The summed E-state index contributed by atoms with van der Waals surface area (Å²) in [5.74, 6) is -0.0840. The lowest BCUT2D eigenvalue weighted by molar-refractivity contribution is 0.102. The first-order valence-electron chi connectivity index (χ1n) is 9.26. The molecule has 0 radical (unpaired) electrons. The third-order valence-corrected chi connectivity index (χ3v) is 4.70. The Morgan fingerprint density at radius 3 is 2.48 bits per heavy atom. The summed E-state index contributed by atoms with van der Waals surface area (Å²) >= 11 is 0. The molecule has 0 saturated carbocycles. The molecule has 7 heteroatoms. The number of amides is 1. The first kappa shape index (κ1) is 24.7. The molecule has 5 nitrogen and oxygen atoms in total. The van der Waals surface area contributed by atoms with Gasteiger partial charge in [0.25, 0.3) is 5.91 Å². The van der Waals surface area contributed by atoms with Crippen molar-refractivity contribution in [2.45, 2.75) is 33.9 Å². The SMILES string of the molecule is CCNCc1ccccc1NC(=O)c1cc(C)n(Cc2ccccn2)c1C.Cl.Cl. The van der Waals surface area contributed by atoms with Crippen molar-refractivity contribution in [3.05, 3.63) is 82.9 Å². The van der Waals surface area contributed by atoms with Gasteiger partial charge in [-0.1, -0.05) is 31.2 Å². The maximum atomic E-state index is 12.9. The number of aromatic nitrogens is 2. The van der Waals surface area contributed by atoms with Crippen LogP contribution in [0, 0.1) is 13.8 Å². The summed E-state index contributed by atoms with van der Waals surface area (Å²) in [5.41, 5.74) is 5.58. The molecule has 3 rings (SSSR count). The first-order chi connectivity index (χ1) is 13.1. The van der Waals surface area contributed by atoms with Gasteiger partial charge in [0.15, 0.2) is 0 Å². The summed E-state index contributed by atoms with van der Waals surface area (Å²) in [7, 11) is 0. The number of hydrogen-bond donors (Lipinski definition) is 2. The highest BCUT2D eigenvalue weighted by Gasteiger charge is 2.17. The van der Waals surface area contributed by atoms with Gasteiger partial charge in [-0.3, -0.25) is 9.78 Å². The number of para-hydroxylation sites is 1. The van der Waals surface area contributed by atoms with Gasteiger partial charge in [-0.25, -0.2) is 0 Å². The van der Waals surface area contributed by atoms with Gasteiger partial charge in [-0.2, -0.15) is 0 Å². The van der Waals surface area contributed by atoms with Crippen molar-refractivity contribution in [1.29, 1.82) is 0 Å². The van der Waals surface area contributed by atoms with Gasteiger partial charge in [0, 0.05) is 29.8 Å². The van der Waals surface area contributed by atoms with E-state index in [1.807, 2.05) is 62.4 Å². The van der Waals surface area contributed by atoms with Crippen LogP contribution in [0.25, 0.3) is 0 Å². The Labute approximate surface area is 184 Å². The average molecular weight is 435 g/mol.